The SMILES string of the molecule is CCOC(=O)c1c(NC(=O)CSc2nnc(C3CCCCC3)n2C)sc(C(N)=O)c1C. The highest BCUT2D eigenvalue weighted by Gasteiger charge is 2.26. The van der Waals surface area contributed by atoms with Crippen LogP contribution in [-0.4, -0.2) is 44.9 Å². The number of hydrogen-bond donors (Lipinski definition) is 2. The maximum absolute atomic E-state index is 12.6. The number of nitrogens with two attached hydrogens (primary N) is 1. The third-order valence-corrected chi connectivity index (χ3v) is 7.52. The fourth-order valence-electron chi connectivity index (χ4n) is 3.75. The number of ether oxygens (including phenoxy) is 1. The van der Waals surface area contributed by atoms with Crippen molar-refractivity contribution in [2.45, 2.75) is 57.0 Å². The van der Waals surface area contributed by atoms with Crippen LogP contribution < -0.4 is 11.1 Å². The number of hydrogen-bond acceptors (Lipinski definition) is 8. The Bertz CT molecular complexity index is 979. The zero-order valence-electron chi connectivity index (χ0n) is 17.9. The molecule has 0 aromatic carbocycles. The van der Waals surface area contributed by atoms with Crippen LogP contribution in [0.5, 0.6) is 0 Å². The average Bonchev–Trinajstić information content (AvgIpc) is 3.27. The quantitative estimate of drug-likeness (QED) is 0.452. The fourth-order valence-corrected chi connectivity index (χ4v) is 5.53. The molecule has 31 heavy (non-hydrogen) atoms. The number of nitrogens with zero attached hydrogens (tertiary/aromatic N) is 3. The second-order valence-corrected chi connectivity index (χ2v) is 9.38. The molecule has 11 heteroatoms. The lowest BCUT2D eigenvalue weighted by Crippen LogP contribution is -2.17. The van der Waals surface area contributed by atoms with Gasteiger partial charge in [0.1, 0.15) is 10.8 Å². The number of esters is 1. The number of amides is 2. The zero-order chi connectivity index (χ0) is 22.5. The van der Waals surface area contributed by atoms with Crippen LogP contribution in [0.25, 0.3) is 0 Å². The first-order valence-electron chi connectivity index (χ1n) is 10.3. The van der Waals surface area contributed by atoms with Crippen LogP contribution in [-0.2, 0) is 16.6 Å². The van der Waals surface area contributed by atoms with Crippen molar-refractivity contribution < 1.29 is 19.1 Å². The molecule has 3 N–H and O–H groups in total. The normalized spacial score (nSPS) is 14.4. The van der Waals surface area contributed by atoms with Gasteiger partial charge >= 0.3 is 5.97 Å². The van der Waals surface area contributed by atoms with Gasteiger partial charge in [-0.25, -0.2) is 4.79 Å². The molecular weight excluding hydrogens is 438 g/mol. The fraction of sp³-hybridized carbons (Fsp3) is 0.550. The highest BCUT2D eigenvalue weighted by molar-refractivity contribution is 7.99. The molecule has 0 aliphatic heterocycles. The summed E-state index contributed by atoms with van der Waals surface area (Å²) in [5, 5.41) is 12.2. The minimum absolute atomic E-state index is 0.0851. The van der Waals surface area contributed by atoms with E-state index in [0.29, 0.717) is 16.6 Å². The van der Waals surface area contributed by atoms with Crippen LogP contribution in [0.2, 0.25) is 0 Å². The van der Waals surface area contributed by atoms with Crippen LogP contribution in [0.15, 0.2) is 5.16 Å². The van der Waals surface area contributed by atoms with E-state index in [1.807, 2.05) is 11.6 Å². The first-order valence-corrected chi connectivity index (χ1v) is 12.1. The van der Waals surface area contributed by atoms with Crippen LogP contribution in [0.1, 0.15) is 76.4 Å². The Morgan fingerprint density at radius 1 is 1.26 bits per heavy atom. The molecule has 0 radical (unpaired) electrons. The van der Waals surface area contributed by atoms with E-state index in [-0.39, 0.29) is 33.7 Å². The molecule has 9 nitrogen and oxygen atoms in total. The summed E-state index contributed by atoms with van der Waals surface area (Å²) in [6, 6.07) is 0. The Kier molecular flexibility index (Phi) is 7.71. The molecule has 0 spiro atoms. The van der Waals surface area contributed by atoms with E-state index in [2.05, 4.69) is 15.5 Å². The van der Waals surface area contributed by atoms with Gasteiger partial charge in [-0.05, 0) is 32.3 Å². The Morgan fingerprint density at radius 3 is 2.61 bits per heavy atom. The molecule has 1 saturated carbocycles. The van der Waals surface area contributed by atoms with Crippen molar-refractivity contribution in [2.75, 3.05) is 17.7 Å². The molecule has 0 bridgehead atoms. The van der Waals surface area contributed by atoms with Crippen molar-refractivity contribution in [3.63, 3.8) is 0 Å². The van der Waals surface area contributed by atoms with Crippen LogP contribution in [0.3, 0.4) is 0 Å². The summed E-state index contributed by atoms with van der Waals surface area (Å²) in [5.74, 6) is -0.110. The van der Waals surface area contributed by atoms with E-state index < -0.39 is 11.9 Å². The number of rotatable bonds is 8. The first kappa shape index (κ1) is 23.3. The minimum atomic E-state index is -0.655. The Balaban J connectivity index is 1.69. The molecular formula is C20H27N5O4S2. The number of anilines is 1. The highest BCUT2D eigenvalue weighted by atomic mass is 32.2. The van der Waals surface area contributed by atoms with Crippen molar-refractivity contribution >= 4 is 45.9 Å². The van der Waals surface area contributed by atoms with E-state index in [4.69, 9.17) is 10.5 Å². The van der Waals surface area contributed by atoms with Crippen molar-refractivity contribution in [3.8, 4) is 0 Å². The summed E-state index contributed by atoms with van der Waals surface area (Å²) < 4.78 is 7.02. The number of primary amides is 1. The summed E-state index contributed by atoms with van der Waals surface area (Å²) in [6.45, 7) is 3.48. The number of thiophene rings is 1. The van der Waals surface area contributed by atoms with Gasteiger partial charge in [-0.1, -0.05) is 31.0 Å². The maximum Gasteiger partial charge on any atom is 0.341 e. The number of nitrogens with one attached hydrogen (secondary N) is 1. The largest absolute Gasteiger partial charge is 0.462 e. The predicted molar refractivity (Wildman–Crippen MR) is 120 cm³/mol. The number of carbonyl (C=O) groups is 3. The molecule has 0 atom stereocenters. The molecule has 1 aliphatic carbocycles. The molecule has 2 aromatic rings. The smallest absolute Gasteiger partial charge is 0.341 e. The molecule has 3 rings (SSSR count). The standard InChI is InChI=1S/C20H27N5O4S2/c1-4-29-19(28)14-11(2)15(16(21)27)31-18(14)22-13(26)10-30-20-24-23-17(25(20)3)12-8-6-5-7-9-12/h12H,4-10H2,1-3H3,(H2,21,27)(H,22,26). The van der Waals surface area contributed by atoms with Gasteiger partial charge in [0.05, 0.1) is 22.8 Å². The monoisotopic (exact) mass is 465 g/mol. The second-order valence-electron chi connectivity index (χ2n) is 7.42. The summed E-state index contributed by atoms with van der Waals surface area (Å²) in [5.41, 5.74) is 5.97. The molecule has 2 amide bonds. The van der Waals surface area contributed by atoms with Gasteiger partial charge in [-0.3, -0.25) is 9.59 Å². The third kappa shape index (κ3) is 5.27. The van der Waals surface area contributed by atoms with E-state index >= 15 is 0 Å². The average molecular weight is 466 g/mol. The van der Waals surface area contributed by atoms with Crippen LogP contribution in [0.4, 0.5) is 5.00 Å². The van der Waals surface area contributed by atoms with E-state index in [9.17, 15) is 14.4 Å². The maximum atomic E-state index is 12.6. The van der Waals surface area contributed by atoms with Gasteiger partial charge in [-0.15, -0.1) is 21.5 Å². The summed E-state index contributed by atoms with van der Waals surface area (Å²) in [6.07, 6.45) is 5.92. The van der Waals surface area contributed by atoms with Crippen molar-refractivity contribution in [1.82, 2.24) is 14.8 Å². The molecule has 0 saturated heterocycles. The summed E-state index contributed by atoms with van der Waals surface area (Å²) in [7, 11) is 1.92. The minimum Gasteiger partial charge on any atom is -0.462 e. The van der Waals surface area contributed by atoms with E-state index in [0.717, 1.165) is 30.0 Å². The van der Waals surface area contributed by atoms with Gasteiger partial charge in [-0.2, -0.15) is 0 Å². The topological polar surface area (TPSA) is 129 Å². The Labute approximate surface area is 189 Å². The number of carbonyl (C=O) groups excluding carboxylic acids is 3. The van der Waals surface area contributed by atoms with Crippen molar-refractivity contribution in [3.05, 3.63) is 21.8 Å². The first-order chi connectivity index (χ1) is 14.8. The lowest BCUT2D eigenvalue weighted by molar-refractivity contribution is -0.113. The molecule has 2 aromatic heterocycles. The van der Waals surface area contributed by atoms with Gasteiger partial charge < -0.3 is 20.4 Å². The van der Waals surface area contributed by atoms with Gasteiger partial charge in [0.25, 0.3) is 5.91 Å². The predicted octanol–water partition coefficient (Wildman–Crippen LogP) is 3.24. The van der Waals surface area contributed by atoms with Gasteiger partial charge in [0, 0.05) is 13.0 Å². The third-order valence-electron chi connectivity index (χ3n) is 5.27. The Morgan fingerprint density at radius 2 is 1.97 bits per heavy atom. The van der Waals surface area contributed by atoms with Gasteiger partial charge in [0.2, 0.25) is 5.91 Å². The molecule has 2 heterocycles. The second kappa shape index (κ2) is 10.3. The van der Waals surface area contributed by atoms with Crippen LogP contribution in [0, 0.1) is 6.92 Å². The molecule has 168 valence electrons. The highest BCUT2D eigenvalue weighted by Crippen LogP contribution is 2.34. The molecule has 1 fully saturated rings. The molecule has 1 aliphatic rings. The van der Waals surface area contributed by atoms with Crippen molar-refractivity contribution in [2.24, 2.45) is 12.8 Å². The van der Waals surface area contributed by atoms with Crippen molar-refractivity contribution in [1.29, 1.82) is 0 Å². The van der Waals surface area contributed by atoms with Gasteiger partial charge in [0.15, 0.2) is 5.16 Å². The Hall–Kier alpha value is -2.40. The zero-order valence-corrected chi connectivity index (χ0v) is 19.5. The number of aromatic nitrogens is 3. The number of thioether (sulfide) groups is 1. The molecule has 0 unspecified atom stereocenters. The summed E-state index contributed by atoms with van der Waals surface area (Å²) in [4.78, 5) is 36.8. The summed E-state index contributed by atoms with van der Waals surface area (Å²) >= 11 is 2.25. The van der Waals surface area contributed by atoms with E-state index in [1.54, 1.807) is 13.8 Å². The van der Waals surface area contributed by atoms with Crippen LogP contribution >= 0.6 is 23.1 Å². The lowest BCUT2D eigenvalue weighted by atomic mass is 9.89. The van der Waals surface area contributed by atoms with E-state index in [1.165, 1.54) is 31.0 Å². The lowest BCUT2D eigenvalue weighted by Gasteiger charge is -2.20.